The molecule has 11 heteroatoms. The molecule has 9 nitrogen and oxygen atoms in total. The fraction of sp³-hybridized carbons (Fsp3) is 0.286. The van der Waals surface area contributed by atoms with Gasteiger partial charge in [0.05, 0.1) is 36.9 Å². The summed E-state index contributed by atoms with van der Waals surface area (Å²) in [5.41, 5.74) is 1.03. The number of morpholine rings is 1. The van der Waals surface area contributed by atoms with Gasteiger partial charge in [0, 0.05) is 30.5 Å². The van der Waals surface area contributed by atoms with Crippen LogP contribution in [-0.2, 0) is 9.53 Å². The molecule has 1 fully saturated rings. The van der Waals surface area contributed by atoms with Gasteiger partial charge in [0.1, 0.15) is 0 Å². The lowest BCUT2D eigenvalue weighted by Crippen LogP contribution is -2.36. The van der Waals surface area contributed by atoms with Gasteiger partial charge < -0.3 is 24.4 Å². The van der Waals surface area contributed by atoms with Gasteiger partial charge in [-0.05, 0) is 36.4 Å². The number of amides is 1. The van der Waals surface area contributed by atoms with E-state index in [1.807, 2.05) is 12.1 Å². The van der Waals surface area contributed by atoms with Crippen LogP contribution in [0.2, 0.25) is 0 Å². The van der Waals surface area contributed by atoms with E-state index >= 15 is 0 Å². The van der Waals surface area contributed by atoms with Crippen LogP contribution < -0.4 is 19.7 Å². The highest BCUT2D eigenvalue weighted by atomic mass is 19.3. The molecule has 0 bridgehead atoms. The third kappa shape index (κ3) is 5.91. The van der Waals surface area contributed by atoms with Crippen molar-refractivity contribution in [2.45, 2.75) is 6.61 Å². The second-order valence-electron chi connectivity index (χ2n) is 6.67. The number of anilines is 2. The van der Waals surface area contributed by atoms with Crippen LogP contribution in [0.3, 0.4) is 0 Å². The lowest BCUT2D eigenvalue weighted by molar-refractivity contribution is -0.385. The van der Waals surface area contributed by atoms with Gasteiger partial charge in [-0.1, -0.05) is 0 Å². The van der Waals surface area contributed by atoms with Gasteiger partial charge in [-0.15, -0.1) is 0 Å². The summed E-state index contributed by atoms with van der Waals surface area (Å²) >= 11 is 0. The number of hydrogen-bond acceptors (Lipinski definition) is 7. The quantitative estimate of drug-likeness (QED) is 0.372. The summed E-state index contributed by atoms with van der Waals surface area (Å²) < 4.78 is 39.6. The Hall–Kier alpha value is -3.73. The lowest BCUT2D eigenvalue weighted by Gasteiger charge is -2.28. The number of nitro groups is 1. The van der Waals surface area contributed by atoms with Gasteiger partial charge in [0.25, 0.3) is 5.69 Å². The van der Waals surface area contributed by atoms with Crippen LogP contribution in [0.15, 0.2) is 42.5 Å². The van der Waals surface area contributed by atoms with Gasteiger partial charge in [-0.2, -0.15) is 8.78 Å². The van der Waals surface area contributed by atoms with E-state index in [1.165, 1.54) is 13.2 Å². The Kier molecular flexibility index (Phi) is 7.55. The third-order valence-corrected chi connectivity index (χ3v) is 4.65. The van der Waals surface area contributed by atoms with Gasteiger partial charge in [-0.25, -0.2) is 0 Å². The fourth-order valence-electron chi connectivity index (χ4n) is 3.13. The number of hydrogen-bond donors (Lipinski definition) is 1. The third-order valence-electron chi connectivity index (χ3n) is 4.65. The second kappa shape index (κ2) is 10.5. The van der Waals surface area contributed by atoms with E-state index in [0.29, 0.717) is 18.9 Å². The van der Waals surface area contributed by atoms with E-state index in [-0.39, 0.29) is 11.3 Å². The number of ether oxygens (including phenoxy) is 3. The van der Waals surface area contributed by atoms with Gasteiger partial charge in [-0.3, -0.25) is 14.9 Å². The number of methoxy groups -OCH3 is 1. The molecule has 0 aromatic heterocycles. The summed E-state index contributed by atoms with van der Waals surface area (Å²) in [5.74, 6) is -1.13. The molecule has 3 rings (SSSR count). The molecule has 0 aliphatic carbocycles. The van der Waals surface area contributed by atoms with Crippen molar-refractivity contribution in [2.75, 3.05) is 43.6 Å². The number of benzene rings is 2. The van der Waals surface area contributed by atoms with Crippen molar-refractivity contribution < 1.29 is 32.7 Å². The molecule has 2 aromatic carbocycles. The minimum Gasteiger partial charge on any atom is -0.493 e. The predicted molar refractivity (Wildman–Crippen MR) is 113 cm³/mol. The topological polar surface area (TPSA) is 103 Å². The number of halogens is 2. The zero-order valence-corrected chi connectivity index (χ0v) is 17.1. The Balaban J connectivity index is 1.72. The average Bonchev–Trinajstić information content (AvgIpc) is 2.78. The van der Waals surface area contributed by atoms with Gasteiger partial charge in [0.2, 0.25) is 5.91 Å². The molecule has 1 heterocycles. The molecule has 2 aromatic rings. The zero-order chi connectivity index (χ0) is 23.1. The summed E-state index contributed by atoms with van der Waals surface area (Å²) in [7, 11) is 1.21. The minimum absolute atomic E-state index is 0.00807. The number of rotatable bonds is 8. The van der Waals surface area contributed by atoms with Crippen LogP contribution in [0.5, 0.6) is 11.5 Å². The Bertz CT molecular complexity index is 992. The highest BCUT2D eigenvalue weighted by molar-refractivity contribution is 6.02. The number of carbonyl (C=O) groups is 1. The first kappa shape index (κ1) is 22.9. The number of nitrogens with one attached hydrogen (secondary N) is 1. The molecule has 0 atom stereocenters. The molecule has 0 spiro atoms. The normalized spacial score (nSPS) is 13.9. The van der Waals surface area contributed by atoms with Crippen LogP contribution in [0, 0.1) is 10.1 Å². The summed E-state index contributed by atoms with van der Waals surface area (Å²) in [4.78, 5) is 25.0. The lowest BCUT2D eigenvalue weighted by atomic mass is 10.1. The Labute approximate surface area is 182 Å². The van der Waals surface area contributed by atoms with E-state index in [1.54, 1.807) is 12.1 Å². The Morgan fingerprint density at radius 1 is 1.22 bits per heavy atom. The Morgan fingerprint density at radius 3 is 2.50 bits per heavy atom. The van der Waals surface area contributed by atoms with E-state index < -0.39 is 28.9 Å². The van der Waals surface area contributed by atoms with E-state index in [9.17, 15) is 23.7 Å². The first-order chi connectivity index (χ1) is 15.4. The maximum Gasteiger partial charge on any atom is 0.387 e. The average molecular weight is 449 g/mol. The monoisotopic (exact) mass is 449 g/mol. The molecule has 1 aliphatic heterocycles. The predicted octanol–water partition coefficient (Wildman–Crippen LogP) is 3.69. The van der Waals surface area contributed by atoms with Crippen molar-refractivity contribution in [1.82, 2.24) is 0 Å². The van der Waals surface area contributed by atoms with Crippen LogP contribution in [-0.4, -0.2) is 50.9 Å². The summed E-state index contributed by atoms with van der Waals surface area (Å²) in [5, 5.41) is 14.0. The van der Waals surface area contributed by atoms with Gasteiger partial charge in [0.15, 0.2) is 11.5 Å². The highest BCUT2D eigenvalue weighted by Crippen LogP contribution is 2.36. The number of carbonyl (C=O) groups excluding carboxylic acids is 1. The molecule has 32 heavy (non-hydrogen) atoms. The molecule has 170 valence electrons. The minimum atomic E-state index is -3.18. The molecule has 1 N–H and O–H groups in total. The maximum absolute atomic E-state index is 12.5. The second-order valence-corrected chi connectivity index (χ2v) is 6.67. The number of nitrogens with zero attached hydrogens (tertiary/aromatic N) is 2. The molecule has 0 unspecified atom stereocenters. The smallest absolute Gasteiger partial charge is 0.387 e. The van der Waals surface area contributed by atoms with Crippen molar-refractivity contribution in [3.05, 3.63) is 58.2 Å². The van der Waals surface area contributed by atoms with Gasteiger partial charge >= 0.3 is 6.61 Å². The summed E-state index contributed by atoms with van der Waals surface area (Å²) in [6.45, 7) is -0.272. The van der Waals surface area contributed by atoms with E-state index in [2.05, 4.69) is 15.0 Å². The van der Waals surface area contributed by atoms with Crippen molar-refractivity contribution in [3.63, 3.8) is 0 Å². The molecule has 0 radical (unpaired) electrons. The fourth-order valence-corrected chi connectivity index (χ4v) is 3.13. The highest BCUT2D eigenvalue weighted by Gasteiger charge is 2.20. The van der Waals surface area contributed by atoms with Crippen LogP contribution in [0.4, 0.5) is 25.8 Å². The van der Waals surface area contributed by atoms with Crippen LogP contribution >= 0.6 is 0 Å². The van der Waals surface area contributed by atoms with E-state index in [0.717, 1.165) is 37.0 Å². The maximum atomic E-state index is 12.5. The van der Waals surface area contributed by atoms with Crippen LogP contribution in [0.1, 0.15) is 5.56 Å². The Morgan fingerprint density at radius 2 is 1.91 bits per heavy atom. The molecule has 0 saturated carbocycles. The zero-order valence-electron chi connectivity index (χ0n) is 17.1. The largest absolute Gasteiger partial charge is 0.493 e. The molecular formula is C21H21F2N3O6. The van der Waals surface area contributed by atoms with Crippen LogP contribution in [0.25, 0.3) is 6.08 Å². The standard InChI is InChI=1S/C21H21F2N3O6/c1-30-18-12-14(17(26(28)29)13-19(18)32-21(22)23)2-7-20(27)24-15-3-5-16(6-4-15)25-8-10-31-11-9-25/h2-7,12-13,21H,8-11H2,1H3,(H,24,27)/b7-2+. The molecular weight excluding hydrogens is 428 g/mol. The van der Waals surface area contributed by atoms with Crippen molar-refractivity contribution in [1.29, 1.82) is 0 Å². The van der Waals surface area contributed by atoms with E-state index in [4.69, 9.17) is 9.47 Å². The molecule has 1 aliphatic rings. The summed E-state index contributed by atoms with van der Waals surface area (Å²) in [6.07, 6.45) is 2.30. The first-order valence-corrected chi connectivity index (χ1v) is 9.60. The number of alkyl halides is 2. The van der Waals surface area contributed by atoms with Crippen molar-refractivity contribution in [3.8, 4) is 11.5 Å². The molecule has 1 amide bonds. The number of nitro benzene ring substituents is 1. The SMILES string of the molecule is COc1cc(/C=C/C(=O)Nc2ccc(N3CCOCC3)cc2)c([N+](=O)[O-])cc1OC(F)F. The summed E-state index contributed by atoms with van der Waals surface area (Å²) in [6, 6.07) is 9.23. The van der Waals surface area contributed by atoms with Crippen molar-refractivity contribution >= 4 is 29.0 Å². The van der Waals surface area contributed by atoms with Crippen molar-refractivity contribution in [2.24, 2.45) is 0 Å². The molecule has 1 saturated heterocycles. The first-order valence-electron chi connectivity index (χ1n) is 9.60.